The summed E-state index contributed by atoms with van der Waals surface area (Å²) in [5.41, 5.74) is 10.6. The molecule has 7 heteroatoms. The number of amides is 1. The highest BCUT2D eigenvalue weighted by molar-refractivity contribution is 6.08. The van der Waals surface area contributed by atoms with Crippen molar-refractivity contribution in [2.24, 2.45) is 23.3 Å². The van der Waals surface area contributed by atoms with Gasteiger partial charge in [-0.1, -0.05) is 26.1 Å². The predicted molar refractivity (Wildman–Crippen MR) is 86.5 cm³/mol. The van der Waals surface area contributed by atoms with Gasteiger partial charge in [0.15, 0.2) is 0 Å². The molecule has 6 N–H and O–H groups in total. The zero-order valence-electron chi connectivity index (χ0n) is 13.4. The van der Waals surface area contributed by atoms with Crippen molar-refractivity contribution in [2.75, 3.05) is 6.54 Å². The smallest absolute Gasteiger partial charge is 0.324 e. The van der Waals surface area contributed by atoms with Crippen molar-refractivity contribution in [2.45, 2.75) is 63.3 Å². The first-order valence-corrected chi connectivity index (χ1v) is 8.10. The van der Waals surface area contributed by atoms with Crippen LogP contribution in [0.1, 0.15) is 45.4 Å². The van der Waals surface area contributed by atoms with E-state index >= 15 is 0 Å². The fourth-order valence-corrected chi connectivity index (χ4v) is 3.27. The Labute approximate surface area is 133 Å². The Kier molecular flexibility index (Phi) is 7.36. The molecule has 22 heavy (non-hydrogen) atoms. The van der Waals surface area contributed by atoms with E-state index in [9.17, 15) is 14.7 Å². The van der Waals surface area contributed by atoms with Gasteiger partial charge in [-0.2, -0.15) is 0 Å². The Hall–Kier alpha value is -1.08. The fourth-order valence-electron chi connectivity index (χ4n) is 3.27. The average molecular weight is 309 g/mol. The molecular formula is C15H28BN3O3. The number of hydrogen-bond acceptors (Lipinski definition) is 4. The summed E-state index contributed by atoms with van der Waals surface area (Å²) in [6.45, 7) is 2.22. The van der Waals surface area contributed by atoms with Crippen LogP contribution in [0, 0.1) is 11.8 Å². The van der Waals surface area contributed by atoms with Gasteiger partial charge in [0.2, 0.25) is 5.91 Å². The number of carbonyl (C=O) groups is 2. The van der Waals surface area contributed by atoms with Gasteiger partial charge in [0.05, 0.1) is 13.9 Å². The number of carboxylic acids is 1. The molecule has 0 heterocycles. The van der Waals surface area contributed by atoms with Crippen LogP contribution in [0.2, 0.25) is 6.32 Å². The Balaban J connectivity index is 2.64. The van der Waals surface area contributed by atoms with Crippen molar-refractivity contribution in [1.29, 1.82) is 0 Å². The van der Waals surface area contributed by atoms with Gasteiger partial charge in [-0.05, 0) is 31.6 Å². The van der Waals surface area contributed by atoms with E-state index in [-0.39, 0.29) is 24.3 Å². The highest BCUT2D eigenvalue weighted by Crippen LogP contribution is 2.37. The van der Waals surface area contributed by atoms with E-state index in [0.717, 1.165) is 19.3 Å². The van der Waals surface area contributed by atoms with Crippen LogP contribution in [0.5, 0.6) is 0 Å². The fraction of sp³-hybridized carbons (Fsp3) is 0.867. The summed E-state index contributed by atoms with van der Waals surface area (Å²) in [6.07, 6.45) is 4.74. The van der Waals surface area contributed by atoms with Gasteiger partial charge in [-0.3, -0.25) is 9.59 Å². The van der Waals surface area contributed by atoms with Gasteiger partial charge < -0.3 is 21.9 Å². The molecule has 1 fully saturated rings. The molecule has 0 unspecified atom stereocenters. The normalized spacial score (nSPS) is 29.8. The number of carbonyl (C=O) groups excluding carboxylic acids is 1. The summed E-state index contributed by atoms with van der Waals surface area (Å²) in [6, 6.07) is -0.546. The first-order chi connectivity index (χ1) is 10.3. The van der Waals surface area contributed by atoms with Crippen LogP contribution in [0.25, 0.3) is 0 Å². The summed E-state index contributed by atoms with van der Waals surface area (Å²) in [4.78, 5) is 23.5. The monoisotopic (exact) mass is 309 g/mol. The highest BCUT2D eigenvalue weighted by Gasteiger charge is 2.46. The second-order valence-corrected chi connectivity index (χ2v) is 6.41. The van der Waals surface area contributed by atoms with Gasteiger partial charge >= 0.3 is 5.97 Å². The first-order valence-electron chi connectivity index (χ1n) is 8.10. The highest BCUT2D eigenvalue weighted by atomic mass is 16.4. The van der Waals surface area contributed by atoms with Gasteiger partial charge in [0.1, 0.15) is 5.54 Å². The number of nitrogens with one attached hydrogen (secondary N) is 1. The van der Waals surface area contributed by atoms with Crippen LogP contribution < -0.4 is 16.8 Å². The zero-order chi connectivity index (χ0) is 16.8. The van der Waals surface area contributed by atoms with E-state index in [1.807, 2.05) is 6.92 Å². The quantitative estimate of drug-likeness (QED) is 0.484. The van der Waals surface area contributed by atoms with Crippen LogP contribution in [-0.2, 0) is 9.59 Å². The van der Waals surface area contributed by atoms with Crippen molar-refractivity contribution >= 4 is 19.7 Å². The minimum atomic E-state index is -1.31. The van der Waals surface area contributed by atoms with E-state index in [2.05, 4.69) is 5.32 Å². The first kappa shape index (κ1) is 19.0. The lowest BCUT2D eigenvalue weighted by Crippen LogP contribution is -2.60. The summed E-state index contributed by atoms with van der Waals surface area (Å²) in [5.74, 6) is -1.29. The van der Waals surface area contributed by atoms with E-state index in [1.54, 1.807) is 0 Å². The summed E-state index contributed by atoms with van der Waals surface area (Å²) in [7, 11) is 5.56. The second kappa shape index (κ2) is 8.53. The molecule has 0 aromatic rings. The van der Waals surface area contributed by atoms with E-state index < -0.39 is 17.6 Å². The minimum absolute atomic E-state index is 0.236. The van der Waals surface area contributed by atoms with Crippen molar-refractivity contribution in [1.82, 2.24) is 5.32 Å². The van der Waals surface area contributed by atoms with Crippen LogP contribution in [-0.4, -0.2) is 43.0 Å². The maximum absolute atomic E-state index is 11.9. The molecule has 0 aromatic carbocycles. The number of rotatable bonds is 8. The lowest BCUT2D eigenvalue weighted by Gasteiger charge is -2.41. The van der Waals surface area contributed by atoms with Crippen LogP contribution in [0.4, 0.5) is 0 Å². The maximum Gasteiger partial charge on any atom is 0.324 e. The molecule has 1 aliphatic rings. The van der Waals surface area contributed by atoms with Gasteiger partial charge in [-0.15, -0.1) is 0 Å². The summed E-state index contributed by atoms with van der Waals surface area (Å²) in [5, 5.41) is 12.3. The molecule has 1 rings (SSSR count). The van der Waals surface area contributed by atoms with Crippen molar-refractivity contribution in [3.8, 4) is 0 Å². The maximum atomic E-state index is 11.9. The van der Waals surface area contributed by atoms with Crippen molar-refractivity contribution < 1.29 is 14.7 Å². The van der Waals surface area contributed by atoms with Gasteiger partial charge in [0, 0.05) is 12.5 Å². The average Bonchev–Trinajstić information content (AvgIpc) is 2.46. The molecule has 6 nitrogen and oxygen atoms in total. The predicted octanol–water partition coefficient (Wildman–Crippen LogP) is 0.405. The third kappa shape index (κ3) is 4.71. The number of carboxylic acid groups (broad SMARTS) is 1. The van der Waals surface area contributed by atoms with Crippen molar-refractivity contribution in [3.63, 3.8) is 0 Å². The Morgan fingerprint density at radius 3 is 2.68 bits per heavy atom. The van der Waals surface area contributed by atoms with E-state index in [0.29, 0.717) is 25.6 Å². The number of hydrogen-bond donors (Lipinski definition) is 4. The van der Waals surface area contributed by atoms with Gasteiger partial charge in [0.25, 0.3) is 0 Å². The molecule has 0 bridgehead atoms. The van der Waals surface area contributed by atoms with Crippen LogP contribution >= 0.6 is 0 Å². The molecule has 4 atom stereocenters. The van der Waals surface area contributed by atoms with E-state index in [1.165, 1.54) is 0 Å². The zero-order valence-corrected chi connectivity index (χ0v) is 13.4. The topological polar surface area (TPSA) is 118 Å². The standard InChI is InChI=1S/C15H28BN3O3/c1-2-3-12(17)13(20)19-9-11-5-4-10(6-7-16)8-15(11,18)14(21)22/h10-12H,2-9,17-18H2,1H3,(H,19,20)(H,21,22)/t10-,11-,12-,15+/m0/s1. The minimum Gasteiger partial charge on any atom is -0.480 e. The van der Waals surface area contributed by atoms with E-state index in [4.69, 9.17) is 19.3 Å². The molecular weight excluding hydrogens is 281 g/mol. The number of nitrogens with two attached hydrogens (primary N) is 2. The molecule has 0 saturated heterocycles. The Morgan fingerprint density at radius 2 is 2.14 bits per heavy atom. The molecule has 1 amide bonds. The second-order valence-electron chi connectivity index (χ2n) is 6.41. The van der Waals surface area contributed by atoms with Gasteiger partial charge in [-0.25, -0.2) is 0 Å². The SMILES string of the molecule is [B]CC[C@@H]1CC[C@@H](CNC(=O)[C@@H](N)CCC)[C@@](N)(C(=O)O)C1. The molecule has 0 aliphatic heterocycles. The summed E-state index contributed by atoms with van der Waals surface area (Å²) >= 11 is 0. The third-order valence-corrected chi connectivity index (χ3v) is 4.71. The molecule has 0 spiro atoms. The molecule has 2 radical (unpaired) electrons. The molecule has 0 aromatic heterocycles. The lowest BCUT2D eigenvalue weighted by molar-refractivity contribution is -0.148. The molecule has 1 saturated carbocycles. The number of aliphatic carboxylic acids is 1. The van der Waals surface area contributed by atoms with Crippen LogP contribution in [0.3, 0.4) is 0 Å². The van der Waals surface area contributed by atoms with Crippen LogP contribution in [0.15, 0.2) is 0 Å². The van der Waals surface area contributed by atoms with Crippen molar-refractivity contribution in [3.05, 3.63) is 0 Å². The lowest BCUT2D eigenvalue weighted by atomic mass is 9.67. The largest absolute Gasteiger partial charge is 0.480 e. The third-order valence-electron chi connectivity index (χ3n) is 4.71. The molecule has 124 valence electrons. The Morgan fingerprint density at radius 1 is 1.45 bits per heavy atom. The Bertz CT molecular complexity index is 394. The molecule has 1 aliphatic carbocycles. The summed E-state index contributed by atoms with van der Waals surface area (Å²) < 4.78 is 0.